The second kappa shape index (κ2) is 9.48. The Kier molecular flexibility index (Phi) is 7.05. The van der Waals surface area contributed by atoms with E-state index < -0.39 is 0 Å². The van der Waals surface area contributed by atoms with Gasteiger partial charge in [0, 0.05) is 24.0 Å². The zero-order valence-electron chi connectivity index (χ0n) is 15.2. The molecule has 1 N–H and O–H groups in total. The molecule has 3 rings (SSSR count). The maximum atomic E-state index is 12.1. The second-order valence-electron chi connectivity index (χ2n) is 7.21. The van der Waals surface area contributed by atoms with Gasteiger partial charge < -0.3 is 15.0 Å². The fraction of sp³-hybridized carbons (Fsp3) is 0.650. The Balaban J connectivity index is 1.35. The normalized spacial score (nSPS) is 22.0. The Bertz CT molecular complexity index is 560. The highest BCUT2D eigenvalue weighted by Gasteiger charge is 2.29. The maximum absolute atomic E-state index is 12.1. The third-order valence-corrected chi connectivity index (χ3v) is 6.40. The average Bonchev–Trinajstić information content (AvgIpc) is 3.15. The number of benzene rings is 1. The van der Waals surface area contributed by atoms with Crippen LogP contribution in [0, 0.1) is 5.92 Å². The third-order valence-electron chi connectivity index (χ3n) is 5.41. The minimum Gasteiger partial charge on any atom is -0.497 e. The number of nitrogens with zero attached hydrogens (tertiary/aromatic N) is 1. The van der Waals surface area contributed by atoms with Gasteiger partial charge >= 0.3 is 0 Å². The van der Waals surface area contributed by atoms with Crippen LogP contribution < -0.4 is 10.1 Å². The molecular weight excluding hydrogens is 332 g/mol. The Morgan fingerprint density at radius 3 is 2.92 bits per heavy atom. The standard InChI is InChI=1S/C20H30N2O2S/c1-24-18-8-5-9-19(12-18)25-15-20(23)21-13-16-10-11-22(14-16)17-6-3-2-4-7-17/h5,8-9,12,16-17H,2-4,6-7,10-11,13-15H2,1H3,(H,21,23). The number of nitrogens with one attached hydrogen (secondary N) is 1. The second-order valence-corrected chi connectivity index (χ2v) is 8.26. The Morgan fingerprint density at radius 1 is 1.28 bits per heavy atom. The molecule has 4 nitrogen and oxygen atoms in total. The van der Waals surface area contributed by atoms with Gasteiger partial charge in [-0.2, -0.15) is 0 Å². The summed E-state index contributed by atoms with van der Waals surface area (Å²) in [6.07, 6.45) is 8.16. The largest absolute Gasteiger partial charge is 0.497 e. The van der Waals surface area contributed by atoms with E-state index in [1.807, 2.05) is 24.3 Å². The lowest BCUT2D eigenvalue weighted by Gasteiger charge is -2.31. The summed E-state index contributed by atoms with van der Waals surface area (Å²) in [6, 6.07) is 8.66. The van der Waals surface area contributed by atoms with Crippen molar-refractivity contribution in [2.24, 2.45) is 5.92 Å². The molecule has 1 saturated carbocycles. The molecule has 2 aliphatic rings. The number of hydrogen-bond donors (Lipinski definition) is 1. The highest BCUT2D eigenvalue weighted by molar-refractivity contribution is 8.00. The Hall–Kier alpha value is -1.20. The van der Waals surface area contributed by atoms with Gasteiger partial charge in [-0.05, 0) is 49.9 Å². The van der Waals surface area contributed by atoms with Gasteiger partial charge in [0.2, 0.25) is 5.91 Å². The zero-order valence-corrected chi connectivity index (χ0v) is 16.0. The van der Waals surface area contributed by atoms with Crippen LogP contribution in [0.25, 0.3) is 0 Å². The maximum Gasteiger partial charge on any atom is 0.230 e. The molecule has 0 aromatic heterocycles. The molecule has 0 bridgehead atoms. The van der Waals surface area contributed by atoms with Crippen molar-refractivity contribution in [1.29, 1.82) is 0 Å². The summed E-state index contributed by atoms with van der Waals surface area (Å²) in [6.45, 7) is 3.19. The summed E-state index contributed by atoms with van der Waals surface area (Å²) in [5.74, 6) is 2.04. The number of methoxy groups -OCH3 is 1. The zero-order chi connectivity index (χ0) is 17.5. The van der Waals surface area contributed by atoms with Crippen molar-refractivity contribution in [2.45, 2.75) is 49.5 Å². The minimum absolute atomic E-state index is 0.129. The summed E-state index contributed by atoms with van der Waals surface area (Å²) < 4.78 is 5.22. The smallest absolute Gasteiger partial charge is 0.230 e. The average molecular weight is 363 g/mol. The number of thioether (sulfide) groups is 1. The summed E-state index contributed by atoms with van der Waals surface area (Å²) in [5.41, 5.74) is 0. The highest BCUT2D eigenvalue weighted by Crippen LogP contribution is 2.27. The van der Waals surface area contributed by atoms with Crippen LogP contribution in [0.4, 0.5) is 0 Å². The van der Waals surface area contributed by atoms with Gasteiger partial charge in [-0.15, -0.1) is 11.8 Å². The van der Waals surface area contributed by atoms with Crippen molar-refractivity contribution in [3.63, 3.8) is 0 Å². The van der Waals surface area contributed by atoms with Gasteiger partial charge in [0.25, 0.3) is 0 Å². The van der Waals surface area contributed by atoms with E-state index in [4.69, 9.17) is 4.74 Å². The number of carbonyl (C=O) groups is 1. The molecule has 1 aromatic rings. The molecule has 5 heteroatoms. The number of carbonyl (C=O) groups excluding carboxylic acids is 1. The summed E-state index contributed by atoms with van der Waals surface area (Å²) >= 11 is 1.56. The van der Waals surface area contributed by atoms with Crippen molar-refractivity contribution in [2.75, 3.05) is 32.5 Å². The lowest BCUT2D eigenvalue weighted by atomic mass is 9.94. The molecule has 0 spiro atoms. The van der Waals surface area contributed by atoms with E-state index in [0.29, 0.717) is 11.7 Å². The summed E-state index contributed by atoms with van der Waals surface area (Å²) in [5, 5.41) is 3.13. The van der Waals surface area contributed by atoms with E-state index in [1.165, 1.54) is 45.1 Å². The van der Waals surface area contributed by atoms with Gasteiger partial charge in [0.1, 0.15) is 5.75 Å². The van der Waals surface area contributed by atoms with E-state index in [0.717, 1.165) is 29.8 Å². The third kappa shape index (κ3) is 5.65. The predicted molar refractivity (Wildman–Crippen MR) is 103 cm³/mol. The van der Waals surface area contributed by atoms with Crippen molar-refractivity contribution in [3.8, 4) is 5.75 Å². The lowest BCUT2D eigenvalue weighted by Crippen LogP contribution is -2.36. The minimum atomic E-state index is 0.129. The predicted octanol–water partition coefficient (Wildman–Crippen LogP) is 3.56. The quantitative estimate of drug-likeness (QED) is 0.753. The van der Waals surface area contributed by atoms with Crippen LogP contribution in [0.5, 0.6) is 5.75 Å². The molecule has 1 atom stereocenters. The van der Waals surface area contributed by atoms with Crippen LogP contribution in [0.2, 0.25) is 0 Å². The fourth-order valence-electron chi connectivity index (χ4n) is 3.96. The first-order chi connectivity index (χ1) is 12.2. The van der Waals surface area contributed by atoms with E-state index in [-0.39, 0.29) is 5.91 Å². The summed E-state index contributed by atoms with van der Waals surface area (Å²) in [7, 11) is 1.66. The van der Waals surface area contributed by atoms with E-state index in [9.17, 15) is 4.79 Å². The van der Waals surface area contributed by atoms with Crippen LogP contribution in [0.15, 0.2) is 29.2 Å². The number of amides is 1. The SMILES string of the molecule is COc1cccc(SCC(=O)NCC2CCN(C3CCCCC3)C2)c1. The molecule has 25 heavy (non-hydrogen) atoms. The van der Waals surface area contributed by atoms with Crippen LogP contribution >= 0.6 is 11.8 Å². The van der Waals surface area contributed by atoms with Gasteiger partial charge in [0.05, 0.1) is 12.9 Å². The summed E-state index contributed by atoms with van der Waals surface area (Å²) in [4.78, 5) is 15.9. The molecule has 1 amide bonds. The molecule has 0 radical (unpaired) electrons. The fourth-order valence-corrected chi connectivity index (χ4v) is 4.73. The number of likely N-dealkylation sites (tertiary alicyclic amines) is 1. The molecule has 1 unspecified atom stereocenters. The van der Waals surface area contributed by atoms with E-state index >= 15 is 0 Å². The topological polar surface area (TPSA) is 41.6 Å². The van der Waals surface area contributed by atoms with Gasteiger partial charge in [-0.25, -0.2) is 0 Å². The van der Waals surface area contributed by atoms with Gasteiger partial charge in [0.15, 0.2) is 0 Å². The molecule has 1 heterocycles. The van der Waals surface area contributed by atoms with Gasteiger partial charge in [-0.1, -0.05) is 25.3 Å². The molecule has 1 aliphatic heterocycles. The monoisotopic (exact) mass is 362 g/mol. The molecular formula is C20H30N2O2S. The number of hydrogen-bond acceptors (Lipinski definition) is 4. The van der Waals surface area contributed by atoms with Gasteiger partial charge in [-0.3, -0.25) is 4.79 Å². The number of ether oxygens (including phenoxy) is 1. The Labute approximate surface area is 155 Å². The molecule has 1 aliphatic carbocycles. The molecule has 1 saturated heterocycles. The van der Waals surface area contributed by atoms with E-state index in [1.54, 1.807) is 18.9 Å². The molecule has 1 aromatic carbocycles. The molecule has 2 fully saturated rings. The highest BCUT2D eigenvalue weighted by atomic mass is 32.2. The lowest BCUT2D eigenvalue weighted by molar-refractivity contribution is -0.118. The van der Waals surface area contributed by atoms with Crippen molar-refractivity contribution < 1.29 is 9.53 Å². The van der Waals surface area contributed by atoms with Crippen LogP contribution in [0.3, 0.4) is 0 Å². The van der Waals surface area contributed by atoms with Crippen LogP contribution in [0.1, 0.15) is 38.5 Å². The molecule has 138 valence electrons. The van der Waals surface area contributed by atoms with Crippen molar-refractivity contribution in [3.05, 3.63) is 24.3 Å². The number of rotatable bonds is 7. The van der Waals surface area contributed by atoms with Crippen molar-refractivity contribution in [1.82, 2.24) is 10.2 Å². The first-order valence-corrected chi connectivity index (χ1v) is 10.5. The van der Waals surface area contributed by atoms with Crippen LogP contribution in [-0.4, -0.2) is 49.3 Å². The van der Waals surface area contributed by atoms with Crippen LogP contribution in [-0.2, 0) is 4.79 Å². The Morgan fingerprint density at radius 2 is 2.12 bits per heavy atom. The van der Waals surface area contributed by atoms with E-state index in [2.05, 4.69) is 10.2 Å². The first-order valence-electron chi connectivity index (χ1n) is 9.52. The first kappa shape index (κ1) is 18.6. The van der Waals surface area contributed by atoms with Crippen molar-refractivity contribution >= 4 is 17.7 Å².